The number of para-hydroxylation sites is 2. The first kappa shape index (κ1) is 17.7. The Morgan fingerprint density at radius 3 is 2.38 bits per heavy atom. The van der Waals surface area contributed by atoms with Gasteiger partial charge in [-0.3, -0.25) is 0 Å². The van der Waals surface area contributed by atoms with Crippen molar-refractivity contribution < 1.29 is 14.3 Å². The number of aromatic nitrogens is 2. The highest BCUT2D eigenvalue weighted by atomic mass is 16.5. The number of fused-ring (bicyclic) bond motifs is 1. The summed E-state index contributed by atoms with van der Waals surface area (Å²) in [4.78, 5) is 21.5. The van der Waals surface area contributed by atoms with Crippen LogP contribution in [0.25, 0.3) is 11.0 Å². The Bertz CT molecular complexity index is 970. The number of aryl methyl sites for hydroxylation is 2. The van der Waals surface area contributed by atoms with Crippen molar-refractivity contribution in [3.8, 4) is 5.75 Å². The fourth-order valence-corrected chi connectivity index (χ4v) is 2.62. The number of rotatable bonds is 5. The minimum absolute atomic E-state index is 0.147. The van der Waals surface area contributed by atoms with Crippen molar-refractivity contribution in [2.24, 2.45) is 0 Å². The van der Waals surface area contributed by atoms with Gasteiger partial charge in [-0.25, -0.2) is 14.8 Å². The number of methoxy groups -OCH3 is 1. The second kappa shape index (κ2) is 7.39. The Morgan fingerprint density at radius 1 is 1.08 bits per heavy atom. The van der Waals surface area contributed by atoms with Crippen molar-refractivity contribution in [1.82, 2.24) is 9.97 Å². The van der Waals surface area contributed by atoms with Gasteiger partial charge in [-0.2, -0.15) is 0 Å². The van der Waals surface area contributed by atoms with Gasteiger partial charge < -0.3 is 14.8 Å². The fourth-order valence-electron chi connectivity index (χ4n) is 2.62. The van der Waals surface area contributed by atoms with Crippen LogP contribution in [0.3, 0.4) is 0 Å². The van der Waals surface area contributed by atoms with Gasteiger partial charge in [0, 0.05) is 0 Å². The average Bonchev–Trinajstić information content (AvgIpc) is 2.63. The molecule has 0 unspecified atom stereocenters. The zero-order chi connectivity index (χ0) is 18.7. The van der Waals surface area contributed by atoms with Gasteiger partial charge in [0.05, 0.1) is 30.4 Å². The minimum Gasteiger partial charge on any atom is -0.495 e. The third kappa shape index (κ3) is 3.44. The smallest absolute Gasteiger partial charge is 0.360 e. The Kier molecular flexibility index (Phi) is 5.02. The maximum absolute atomic E-state index is 12.4. The summed E-state index contributed by atoms with van der Waals surface area (Å²) in [6.07, 6.45) is 0. The topological polar surface area (TPSA) is 73.3 Å². The number of hydrogen-bond acceptors (Lipinski definition) is 6. The largest absolute Gasteiger partial charge is 0.495 e. The molecule has 0 aliphatic rings. The Labute approximate surface area is 152 Å². The second-order valence-corrected chi connectivity index (χ2v) is 5.89. The molecule has 0 fully saturated rings. The van der Waals surface area contributed by atoms with Gasteiger partial charge in [0.2, 0.25) is 0 Å². The summed E-state index contributed by atoms with van der Waals surface area (Å²) in [5, 5.41) is 3.16. The highest BCUT2D eigenvalue weighted by Crippen LogP contribution is 2.29. The molecule has 0 aliphatic carbocycles. The molecule has 6 heteroatoms. The summed E-state index contributed by atoms with van der Waals surface area (Å²) in [6, 6.07) is 11.3. The first-order valence-electron chi connectivity index (χ1n) is 8.39. The number of nitrogens with one attached hydrogen (secondary N) is 1. The number of esters is 1. The Balaban J connectivity index is 2.15. The lowest BCUT2D eigenvalue weighted by Gasteiger charge is -2.14. The van der Waals surface area contributed by atoms with E-state index in [1.807, 2.05) is 50.2 Å². The summed E-state index contributed by atoms with van der Waals surface area (Å²) >= 11 is 0. The van der Waals surface area contributed by atoms with Crippen molar-refractivity contribution in [1.29, 1.82) is 0 Å². The third-order valence-corrected chi connectivity index (χ3v) is 4.11. The zero-order valence-corrected chi connectivity index (χ0v) is 15.3. The van der Waals surface area contributed by atoms with E-state index in [4.69, 9.17) is 9.47 Å². The third-order valence-electron chi connectivity index (χ3n) is 4.11. The molecule has 6 nitrogen and oxygen atoms in total. The molecule has 1 N–H and O–H groups in total. The van der Waals surface area contributed by atoms with Crippen molar-refractivity contribution in [3.63, 3.8) is 0 Å². The van der Waals surface area contributed by atoms with Crippen LogP contribution in [0.1, 0.15) is 28.5 Å². The number of carbonyl (C=O) groups excluding carboxylic acids is 1. The molecule has 1 aromatic heterocycles. The molecule has 1 heterocycles. The predicted molar refractivity (Wildman–Crippen MR) is 101 cm³/mol. The average molecular weight is 351 g/mol. The molecule has 2 aromatic carbocycles. The molecule has 3 aromatic rings. The molecular formula is C20H21N3O3. The van der Waals surface area contributed by atoms with Crippen LogP contribution < -0.4 is 10.1 Å². The lowest BCUT2D eigenvalue weighted by molar-refractivity contribution is 0.0521. The molecule has 134 valence electrons. The van der Waals surface area contributed by atoms with Gasteiger partial charge in [0.1, 0.15) is 5.75 Å². The summed E-state index contributed by atoms with van der Waals surface area (Å²) in [5.41, 5.74) is 4.40. The van der Waals surface area contributed by atoms with Gasteiger partial charge in [-0.15, -0.1) is 0 Å². The van der Waals surface area contributed by atoms with E-state index in [9.17, 15) is 4.79 Å². The molecule has 0 bridgehead atoms. The van der Waals surface area contributed by atoms with Gasteiger partial charge in [0.25, 0.3) is 0 Å². The normalized spacial score (nSPS) is 10.6. The monoisotopic (exact) mass is 351 g/mol. The molecule has 26 heavy (non-hydrogen) atoms. The summed E-state index contributed by atoms with van der Waals surface area (Å²) in [5.74, 6) is 0.463. The number of hydrogen-bond donors (Lipinski definition) is 1. The molecule has 0 saturated carbocycles. The van der Waals surface area contributed by atoms with Crippen LogP contribution in [0, 0.1) is 13.8 Å². The van der Waals surface area contributed by atoms with Crippen molar-refractivity contribution in [2.75, 3.05) is 19.0 Å². The second-order valence-electron chi connectivity index (χ2n) is 5.89. The van der Waals surface area contributed by atoms with E-state index in [0.717, 1.165) is 11.1 Å². The van der Waals surface area contributed by atoms with E-state index >= 15 is 0 Å². The maximum atomic E-state index is 12.4. The van der Waals surface area contributed by atoms with Crippen molar-refractivity contribution >= 4 is 28.5 Å². The molecule has 0 aliphatic heterocycles. The standard InChI is InChI=1S/C20H21N3O3/c1-5-26-20(24)18-19(22-14-8-6-7-9-17(14)25-4)23-16-11-13(3)12(2)10-15(16)21-18/h6-11H,5H2,1-4H3,(H,22,23). The van der Waals surface area contributed by atoms with Gasteiger partial charge in [-0.05, 0) is 56.2 Å². The molecule has 0 amide bonds. The first-order valence-corrected chi connectivity index (χ1v) is 8.39. The summed E-state index contributed by atoms with van der Waals surface area (Å²) < 4.78 is 10.5. The maximum Gasteiger partial charge on any atom is 0.360 e. The van der Waals surface area contributed by atoms with Crippen LogP contribution in [0.2, 0.25) is 0 Å². The summed E-state index contributed by atoms with van der Waals surface area (Å²) in [6.45, 7) is 6.04. The van der Waals surface area contributed by atoms with E-state index in [1.165, 1.54) is 0 Å². The molecule has 3 rings (SSSR count). The highest BCUT2D eigenvalue weighted by molar-refractivity contribution is 5.96. The van der Waals surface area contributed by atoms with Crippen LogP contribution in [0.4, 0.5) is 11.5 Å². The lowest BCUT2D eigenvalue weighted by atomic mass is 10.1. The number of benzene rings is 2. The van der Waals surface area contributed by atoms with Crippen LogP contribution >= 0.6 is 0 Å². The van der Waals surface area contributed by atoms with Crippen LogP contribution in [0.15, 0.2) is 36.4 Å². The number of ether oxygens (including phenoxy) is 2. The molecular weight excluding hydrogens is 330 g/mol. The quantitative estimate of drug-likeness (QED) is 0.695. The van der Waals surface area contributed by atoms with E-state index in [-0.39, 0.29) is 12.3 Å². The van der Waals surface area contributed by atoms with E-state index in [0.29, 0.717) is 28.3 Å². The minimum atomic E-state index is -0.516. The zero-order valence-electron chi connectivity index (χ0n) is 15.3. The number of carbonyl (C=O) groups is 1. The number of anilines is 2. The SMILES string of the molecule is CCOC(=O)c1nc2cc(C)c(C)cc2nc1Nc1ccccc1OC. The number of nitrogens with zero attached hydrogens (tertiary/aromatic N) is 2. The molecule has 0 saturated heterocycles. The Hall–Kier alpha value is -3.15. The van der Waals surface area contributed by atoms with Crippen LogP contribution in [0.5, 0.6) is 5.75 Å². The molecule has 0 atom stereocenters. The first-order chi connectivity index (χ1) is 12.5. The summed E-state index contributed by atoms with van der Waals surface area (Å²) in [7, 11) is 1.59. The Morgan fingerprint density at radius 2 is 1.73 bits per heavy atom. The van der Waals surface area contributed by atoms with Crippen molar-refractivity contribution in [2.45, 2.75) is 20.8 Å². The van der Waals surface area contributed by atoms with Crippen LogP contribution in [-0.4, -0.2) is 29.7 Å². The predicted octanol–water partition coefficient (Wildman–Crippen LogP) is 4.18. The highest BCUT2D eigenvalue weighted by Gasteiger charge is 2.19. The van der Waals surface area contributed by atoms with E-state index < -0.39 is 5.97 Å². The molecule has 0 spiro atoms. The van der Waals surface area contributed by atoms with Crippen molar-refractivity contribution in [3.05, 3.63) is 53.2 Å². The fraction of sp³-hybridized carbons (Fsp3) is 0.250. The van der Waals surface area contributed by atoms with Crippen LogP contribution in [-0.2, 0) is 4.74 Å². The van der Waals surface area contributed by atoms with Gasteiger partial charge >= 0.3 is 5.97 Å². The van der Waals surface area contributed by atoms with Gasteiger partial charge in [-0.1, -0.05) is 12.1 Å². The van der Waals surface area contributed by atoms with E-state index in [2.05, 4.69) is 15.3 Å². The molecule has 0 radical (unpaired) electrons. The van der Waals surface area contributed by atoms with E-state index in [1.54, 1.807) is 14.0 Å². The van der Waals surface area contributed by atoms with Gasteiger partial charge in [0.15, 0.2) is 11.5 Å². The lowest BCUT2D eigenvalue weighted by Crippen LogP contribution is -2.12.